The quantitative estimate of drug-likeness (QED) is 0.451. The number of halogens is 1. The third-order valence-corrected chi connectivity index (χ3v) is 6.22. The van der Waals surface area contributed by atoms with Gasteiger partial charge in [-0.3, -0.25) is 4.79 Å². The minimum absolute atomic E-state index is 0.0434. The van der Waals surface area contributed by atoms with Gasteiger partial charge >= 0.3 is 5.97 Å². The summed E-state index contributed by atoms with van der Waals surface area (Å²) in [5.41, 5.74) is 0.548. The molecule has 8 heteroatoms. The van der Waals surface area contributed by atoms with E-state index in [1.165, 1.54) is 31.1 Å². The molecule has 0 saturated heterocycles. The number of Topliss-reactive ketones (excluding diaryl/α,β-unsaturated/α-hetero) is 1. The Hall–Kier alpha value is -2.19. The number of benzene rings is 2. The fourth-order valence-electron chi connectivity index (χ4n) is 2.63. The van der Waals surface area contributed by atoms with Gasteiger partial charge in [-0.05, 0) is 43.3 Å². The number of methoxy groups -OCH3 is 1. The monoisotopic (exact) mass is 453 g/mol. The molecule has 0 aromatic heterocycles. The molecule has 0 aliphatic heterocycles. The van der Waals surface area contributed by atoms with Gasteiger partial charge in [0.05, 0.1) is 17.8 Å². The molecule has 0 amide bonds. The lowest BCUT2D eigenvalue weighted by molar-refractivity contribution is -0.145. The van der Waals surface area contributed by atoms with E-state index in [1.807, 2.05) is 0 Å². The standard InChI is InChI=1S/C19H20BrNO5S/c1-14(22)18(19(23)26-2)21(16-10-8-15(20)9-11-16)12-13-27(24,25)17-6-4-3-5-7-17/h3-11,18H,12-13H2,1-2H3. The van der Waals surface area contributed by atoms with Gasteiger partial charge in [-0.15, -0.1) is 0 Å². The van der Waals surface area contributed by atoms with Gasteiger partial charge in [0, 0.05) is 16.7 Å². The van der Waals surface area contributed by atoms with Crippen LogP contribution in [0.5, 0.6) is 0 Å². The lowest BCUT2D eigenvalue weighted by atomic mass is 10.1. The van der Waals surface area contributed by atoms with Crippen LogP contribution in [0.15, 0.2) is 64.0 Å². The zero-order valence-corrected chi connectivity index (χ0v) is 17.4. The van der Waals surface area contributed by atoms with Crippen LogP contribution in [0.3, 0.4) is 0 Å². The van der Waals surface area contributed by atoms with E-state index < -0.39 is 27.6 Å². The minimum Gasteiger partial charge on any atom is -0.467 e. The van der Waals surface area contributed by atoms with Crippen molar-refractivity contribution in [3.05, 3.63) is 59.1 Å². The van der Waals surface area contributed by atoms with Crippen LogP contribution < -0.4 is 4.90 Å². The highest BCUT2D eigenvalue weighted by molar-refractivity contribution is 9.10. The number of sulfone groups is 1. The summed E-state index contributed by atoms with van der Waals surface area (Å²) in [6, 6.07) is 13.8. The van der Waals surface area contributed by atoms with Crippen molar-refractivity contribution in [2.24, 2.45) is 0 Å². The van der Waals surface area contributed by atoms with E-state index in [-0.39, 0.29) is 17.2 Å². The Kier molecular flexibility index (Phi) is 7.15. The SMILES string of the molecule is COC(=O)C(C(C)=O)N(CCS(=O)(=O)c1ccccc1)c1ccc(Br)cc1. The van der Waals surface area contributed by atoms with Crippen LogP contribution in [0.25, 0.3) is 0 Å². The summed E-state index contributed by atoms with van der Waals surface area (Å²) in [4.78, 5) is 26.0. The Labute approximate surface area is 167 Å². The second kappa shape index (κ2) is 9.14. The van der Waals surface area contributed by atoms with Gasteiger partial charge < -0.3 is 9.64 Å². The highest BCUT2D eigenvalue weighted by Gasteiger charge is 2.32. The molecule has 6 nitrogen and oxygen atoms in total. The zero-order valence-electron chi connectivity index (χ0n) is 15.0. The predicted octanol–water partition coefficient (Wildman–Crippen LogP) is 2.86. The number of anilines is 1. The molecular weight excluding hydrogens is 434 g/mol. The van der Waals surface area contributed by atoms with Crippen LogP contribution in [-0.2, 0) is 24.2 Å². The van der Waals surface area contributed by atoms with E-state index in [1.54, 1.807) is 42.5 Å². The van der Waals surface area contributed by atoms with E-state index in [0.29, 0.717) is 5.69 Å². The summed E-state index contributed by atoms with van der Waals surface area (Å²) >= 11 is 3.33. The van der Waals surface area contributed by atoms with E-state index in [2.05, 4.69) is 15.9 Å². The number of carbonyl (C=O) groups excluding carboxylic acids is 2. The Morgan fingerprint density at radius 1 is 1.07 bits per heavy atom. The van der Waals surface area contributed by atoms with E-state index in [0.717, 1.165) is 4.47 Å². The van der Waals surface area contributed by atoms with Crippen molar-refractivity contribution in [1.82, 2.24) is 0 Å². The van der Waals surface area contributed by atoms with Gasteiger partial charge in [0.2, 0.25) is 0 Å². The number of esters is 1. The fourth-order valence-corrected chi connectivity index (χ4v) is 4.14. The summed E-state index contributed by atoms with van der Waals surface area (Å²) < 4.78 is 30.8. The first-order valence-corrected chi connectivity index (χ1v) is 10.6. The van der Waals surface area contributed by atoms with Crippen molar-refractivity contribution in [2.75, 3.05) is 24.3 Å². The Balaban J connectivity index is 2.36. The van der Waals surface area contributed by atoms with Gasteiger partial charge in [0.15, 0.2) is 21.7 Å². The minimum atomic E-state index is -3.58. The molecule has 1 unspecified atom stereocenters. The molecular formula is C19H20BrNO5S. The maximum Gasteiger partial charge on any atom is 0.336 e. The van der Waals surface area contributed by atoms with Crippen molar-refractivity contribution in [1.29, 1.82) is 0 Å². The first-order valence-electron chi connectivity index (χ1n) is 8.14. The molecule has 144 valence electrons. The van der Waals surface area contributed by atoms with Crippen LogP contribution in [0.2, 0.25) is 0 Å². The van der Waals surface area contributed by atoms with Crippen molar-refractivity contribution in [3.8, 4) is 0 Å². The van der Waals surface area contributed by atoms with Crippen molar-refractivity contribution in [3.63, 3.8) is 0 Å². The molecule has 27 heavy (non-hydrogen) atoms. The van der Waals surface area contributed by atoms with Crippen LogP contribution in [0, 0.1) is 0 Å². The molecule has 0 spiro atoms. The maximum absolute atomic E-state index is 12.6. The Bertz CT molecular complexity index is 897. The number of ketones is 1. The number of hydrogen-bond donors (Lipinski definition) is 0. The average Bonchev–Trinajstić information content (AvgIpc) is 2.65. The highest BCUT2D eigenvalue weighted by Crippen LogP contribution is 2.22. The van der Waals surface area contributed by atoms with Crippen molar-refractivity contribution in [2.45, 2.75) is 17.9 Å². The summed E-state index contributed by atoms with van der Waals surface area (Å²) in [5.74, 6) is -1.42. The fraction of sp³-hybridized carbons (Fsp3) is 0.263. The molecule has 0 N–H and O–H groups in total. The number of carbonyl (C=O) groups is 2. The van der Waals surface area contributed by atoms with E-state index in [9.17, 15) is 18.0 Å². The molecule has 2 rings (SSSR count). The van der Waals surface area contributed by atoms with Crippen LogP contribution >= 0.6 is 15.9 Å². The molecule has 0 fully saturated rings. The Morgan fingerprint density at radius 2 is 1.67 bits per heavy atom. The number of nitrogens with zero attached hydrogens (tertiary/aromatic N) is 1. The molecule has 0 heterocycles. The highest BCUT2D eigenvalue weighted by atomic mass is 79.9. The summed E-state index contributed by atoms with van der Waals surface area (Å²) in [6.45, 7) is 1.23. The van der Waals surface area contributed by atoms with Gasteiger partial charge in [-0.1, -0.05) is 34.1 Å². The first kappa shape index (κ1) is 21.1. The van der Waals surface area contributed by atoms with Crippen molar-refractivity contribution >= 4 is 43.2 Å². The second-order valence-corrected chi connectivity index (χ2v) is 8.86. The van der Waals surface area contributed by atoms with Gasteiger partial charge in [-0.25, -0.2) is 13.2 Å². The largest absolute Gasteiger partial charge is 0.467 e. The molecule has 0 aliphatic carbocycles. The lowest BCUT2D eigenvalue weighted by Crippen LogP contribution is -2.48. The van der Waals surface area contributed by atoms with E-state index >= 15 is 0 Å². The second-order valence-electron chi connectivity index (χ2n) is 5.84. The number of ether oxygens (including phenoxy) is 1. The van der Waals surface area contributed by atoms with Gasteiger partial charge in [0.1, 0.15) is 0 Å². The predicted molar refractivity (Wildman–Crippen MR) is 106 cm³/mol. The lowest BCUT2D eigenvalue weighted by Gasteiger charge is -2.30. The average molecular weight is 454 g/mol. The normalized spacial score (nSPS) is 12.3. The molecule has 0 radical (unpaired) electrons. The van der Waals surface area contributed by atoms with Crippen LogP contribution in [0.1, 0.15) is 6.92 Å². The van der Waals surface area contributed by atoms with Gasteiger partial charge in [0.25, 0.3) is 0 Å². The number of rotatable bonds is 8. The Morgan fingerprint density at radius 3 is 2.19 bits per heavy atom. The third kappa shape index (κ3) is 5.40. The van der Waals surface area contributed by atoms with Crippen molar-refractivity contribution < 1.29 is 22.7 Å². The number of hydrogen-bond acceptors (Lipinski definition) is 6. The zero-order chi connectivity index (χ0) is 20.0. The van der Waals surface area contributed by atoms with E-state index in [4.69, 9.17) is 4.74 Å². The first-order chi connectivity index (χ1) is 12.8. The van der Waals surface area contributed by atoms with Crippen LogP contribution in [0.4, 0.5) is 5.69 Å². The maximum atomic E-state index is 12.6. The topological polar surface area (TPSA) is 80.8 Å². The molecule has 2 aromatic rings. The molecule has 0 saturated carbocycles. The molecule has 0 bridgehead atoms. The third-order valence-electron chi connectivity index (χ3n) is 3.98. The molecule has 1 atom stereocenters. The summed E-state index contributed by atoms with van der Waals surface area (Å²) in [6.07, 6.45) is 0. The van der Waals surface area contributed by atoms with Crippen LogP contribution in [-0.4, -0.2) is 45.6 Å². The summed E-state index contributed by atoms with van der Waals surface area (Å²) in [5, 5.41) is 0. The smallest absolute Gasteiger partial charge is 0.336 e. The molecule has 2 aromatic carbocycles. The summed E-state index contributed by atoms with van der Waals surface area (Å²) in [7, 11) is -2.38. The molecule has 0 aliphatic rings. The van der Waals surface area contributed by atoms with Gasteiger partial charge in [-0.2, -0.15) is 0 Å².